The minimum absolute atomic E-state index is 0.105. The maximum atomic E-state index is 14.6. The highest BCUT2D eigenvalue weighted by molar-refractivity contribution is 6.03. The first-order chi connectivity index (χ1) is 15.8. The second kappa shape index (κ2) is 9.28. The molecule has 0 aliphatic carbocycles. The number of rotatable bonds is 5. The number of hydrogen-bond acceptors (Lipinski definition) is 3. The quantitative estimate of drug-likeness (QED) is 0.571. The fraction of sp³-hybridized carbons (Fsp3) is 0.160. The number of halogens is 3. The maximum Gasteiger partial charge on any atom is 0.262 e. The molecule has 0 saturated carbocycles. The van der Waals surface area contributed by atoms with E-state index < -0.39 is 35.3 Å². The van der Waals surface area contributed by atoms with Crippen LogP contribution in [0.2, 0.25) is 0 Å². The number of hydrazone groups is 1. The Bertz CT molecular complexity index is 1230. The van der Waals surface area contributed by atoms with Gasteiger partial charge < -0.3 is 4.90 Å². The molecule has 1 heterocycles. The zero-order valence-electron chi connectivity index (χ0n) is 17.7. The molecule has 1 aliphatic rings. The molecule has 168 valence electrons. The Labute approximate surface area is 188 Å². The first-order valence-corrected chi connectivity index (χ1v) is 10.2. The van der Waals surface area contributed by atoms with Crippen molar-refractivity contribution in [3.05, 3.63) is 107 Å². The third-order valence-electron chi connectivity index (χ3n) is 5.40. The van der Waals surface area contributed by atoms with Gasteiger partial charge in [-0.05, 0) is 42.0 Å². The first kappa shape index (κ1) is 22.3. The lowest BCUT2D eigenvalue weighted by molar-refractivity contribution is -0.133. The average Bonchev–Trinajstić information content (AvgIpc) is 3.24. The van der Waals surface area contributed by atoms with Crippen molar-refractivity contribution in [3.63, 3.8) is 0 Å². The Morgan fingerprint density at radius 2 is 1.70 bits per heavy atom. The Morgan fingerprint density at radius 1 is 0.970 bits per heavy atom. The van der Waals surface area contributed by atoms with Crippen molar-refractivity contribution in [2.75, 3.05) is 13.6 Å². The smallest absolute Gasteiger partial charge is 0.262 e. The molecule has 0 saturated heterocycles. The van der Waals surface area contributed by atoms with Gasteiger partial charge in [0.1, 0.15) is 24.0 Å². The summed E-state index contributed by atoms with van der Waals surface area (Å²) in [6, 6.07) is 16.2. The van der Waals surface area contributed by atoms with Gasteiger partial charge in [0.25, 0.3) is 11.8 Å². The van der Waals surface area contributed by atoms with Crippen molar-refractivity contribution < 1.29 is 22.8 Å². The van der Waals surface area contributed by atoms with Crippen LogP contribution >= 0.6 is 0 Å². The summed E-state index contributed by atoms with van der Waals surface area (Å²) in [5, 5.41) is 5.56. The highest BCUT2D eigenvalue weighted by Gasteiger charge is 2.35. The van der Waals surface area contributed by atoms with Crippen LogP contribution in [0.1, 0.15) is 33.9 Å². The molecule has 2 amide bonds. The summed E-state index contributed by atoms with van der Waals surface area (Å²) in [6.45, 7) is -0.347. The molecule has 33 heavy (non-hydrogen) atoms. The van der Waals surface area contributed by atoms with Crippen molar-refractivity contribution in [2.45, 2.75) is 12.5 Å². The van der Waals surface area contributed by atoms with E-state index in [2.05, 4.69) is 5.10 Å². The Kier molecular flexibility index (Phi) is 6.26. The van der Waals surface area contributed by atoms with E-state index in [1.165, 1.54) is 43.4 Å². The summed E-state index contributed by atoms with van der Waals surface area (Å²) >= 11 is 0. The van der Waals surface area contributed by atoms with Crippen molar-refractivity contribution in [1.29, 1.82) is 0 Å². The van der Waals surface area contributed by atoms with Gasteiger partial charge >= 0.3 is 0 Å². The maximum absolute atomic E-state index is 14.6. The molecule has 5 nitrogen and oxygen atoms in total. The van der Waals surface area contributed by atoms with Crippen molar-refractivity contribution in [3.8, 4) is 0 Å². The number of benzene rings is 3. The van der Waals surface area contributed by atoms with Crippen LogP contribution in [0.15, 0.2) is 77.9 Å². The van der Waals surface area contributed by atoms with Crippen LogP contribution in [-0.4, -0.2) is 41.0 Å². The fourth-order valence-electron chi connectivity index (χ4n) is 3.73. The van der Waals surface area contributed by atoms with Gasteiger partial charge in [0.05, 0.1) is 11.8 Å². The molecule has 3 aromatic carbocycles. The summed E-state index contributed by atoms with van der Waals surface area (Å²) in [7, 11) is 1.42. The molecule has 0 aromatic heterocycles. The topological polar surface area (TPSA) is 53.0 Å². The number of nitrogens with zero attached hydrogens (tertiary/aromatic N) is 3. The van der Waals surface area contributed by atoms with Crippen LogP contribution in [0.4, 0.5) is 13.2 Å². The van der Waals surface area contributed by atoms with Crippen molar-refractivity contribution >= 4 is 17.5 Å². The van der Waals surface area contributed by atoms with E-state index >= 15 is 0 Å². The summed E-state index contributed by atoms with van der Waals surface area (Å²) in [5.41, 5.74) is 1.49. The SMILES string of the molecule is CN(CC(=O)N1N=C(c2ccc(F)cc2)C[C@H]1c1ccccc1F)C(=O)c1cccc(F)c1. The van der Waals surface area contributed by atoms with Gasteiger partial charge in [-0.15, -0.1) is 0 Å². The predicted octanol–water partition coefficient (Wildman–Crippen LogP) is 4.55. The van der Waals surface area contributed by atoms with Crippen LogP contribution in [0.5, 0.6) is 0 Å². The van der Waals surface area contributed by atoms with Crippen molar-refractivity contribution in [2.24, 2.45) is 5.10 Å². The van der Waals surface area contributed by atoms with Crippen LogP contribution in [0, 0.1) is 17.5 Å². The third kappa shape index (κ3) is 4.79. The number of carbonyl (C=O) groups excluding carboxylic acids is 2. The van der Waals surface area contributed by atoms with E-state index in [0.29, 0.717) is 11.3 Å². The van der Waals surface area contributed by atoms with E-state index in [4.69, 9.17) is 0 Å². The van der Waals surface area contributed by atoms with Gasteiger partial charge in [0.15, 0.2) is 0 Å². The minimum atomic E-state index is -0.726. The van der Waals surface area contributed by atoms with Gasteiger partial charge in [-0.3, -0.25) is 9.59 Å². The number of hydrogen-bond donors (Lipinski definition) is 0. The first-order valence-electron chi connectivity index (χ1n) is 10.2. The second-order valence-electron chi connectivity index (χ2n) is 7.70. The summed E-state index contributed by atoms with van der Waals surface area (Å²) in [4.78, 5) is 26.9. The second-order valence-corrected chi connectivity index (χ2v) is 7.70. The normalized spacial score (nSPS) is 15.3. The van der Waals surface area contributed by atoms with Gasteiger partial charge in [-0.1, -0.05) is 36.4 Å². The van der Waals surface area contributed by atoms with Crippen molar-refractivity contribution in [1.82, 2.24) is 9.91 Å². The van der Waals surface area contributed by atoms with Crippen LogP contribution in [-0.2, 0) is 4.79 Å². The van der Waals surface area contributed by atoms with Crippen LogP contribution in [0.3, 0.4) is 0 Å². The van der Waals surface area contributed by atoms with E-state index in [1.54, 1.807) is 30.3 Å². The Hall–Kier alpha value is -3.94. The molecule has 0 unspecified atom stereocenters. The number of amides is 2. The van der Waals surface area contributed by atoms with Gasteiger partial charge in [0.2, 0.25) is 0 Å². The minimum Gasteiger partial charge on any atom is -0.332 e. The van der Waals surface area contributed by atoms with E-state index in [-0.39, 0.29) is 24.1 Å². The Balaban J connectivity index is 1.60. The molecule has 1 aliphatic heterocycles. The van der Waals surface area contributed by atoms with E-state index in [1.807, 2.05) is 0 Å². The van der Waals surface area contributed by atoms with Crippen LogP contribution < -0.4 is 0 Å². The predicted molar refractivity (Wildman–Crippen MR) is 117 cm³/mol. The largest absolute Gasteiger partial charge is 0.332 e. The molecule has 0 radical (unpaired) electrons. The molecule has 4 rings (SSSR count). The zero-order chi connectivity index (χ0) is 23.5. The Morgan fingerprint density at radius 3 is 2.39 bits per heavy atom. The lowest BCUT2D eigenvalue weighted by atomic mass is 9.98. The molecule has 0 spiro atoms. The fourth-order valence-corrected chi connectivity index (χ4v) is 3.73. The average molecular weight is 451 g/mol. The summed E-state index contributed by atoms with van der Waals surface area (Å²) in [5.74, 6) is -2.53. The summed E-state index contributed by atoms with van der Waals surface area (Å²) in [6.07, 6.45) is 0.222. The number of likely N-dealkylation sites (N-methyl/N-ethyl adjacent to an activating group) is 1. The standard InChI is InChI=1S/C25H20F3N3O2/c1-30(25(33)17-5-4-6-19(27)13-17)15-24(32)31-23(20-7-2-3-8-21(20)28)14-22(29-31)16-9-11-18(26)12-10-16/h2-13,23H,14-15H2,1H3/t23-/m0/s1. The van der Waals surface area contributed by atoms with Gasteiger partial charge in [-0.25, -0.2) is 18.2 Å². The van der Waals surface area contributed by atoms with Crippen LogP contribution in [0.25, 0.3) is 0 Å². The molecular formula is C25H20F3N3O2. The lowest BCUT2D eigenvalue weighted by Crippen LogP contribution is -2.39. The summed E-state index contributed by atoms with van der Waals surface area (Å²) < 4.78 is 41.4. The molecule has 0 bridgehead atoms. The van der Waals surface area contributed by atoms with Gasteiger partial charge in [0, 0.05) is 24.6 Å². The molecule has 3 aromatic rings. The van der Waals surface area contributed by atoms with E-state index in [9.17, 15) is 22.8 Å². The molecule has 1 atom stereocenters. The number of carbonyl (C=O) groups is 2. The third-order valence-corrected chi connectivity index (χ3v) is 5.40. The zero-order valence-corrected chi connectivity index (χ0v) is 17.7. The lowest BCUT2D eigenvalue weighted by Gasteiger charge is -2.25. The molecule has 8 heteroatoms. The highest BCUT2D eigenvalue weighted by atomic mass is 19.1. The van der Waals surface area contributed by atoms with Gasteiger partial charge in [-0.2, -0.15) is 5.10 Å². The van der Waals surface area contributed by atoms with E-state index in [0.717, 1.165) is 16.0 Å². The monoisotopic (exact) mass is 451 g/mol. The molecule has 0 N–H and O–H groups in total. The molecule has 0 fully saturated rings. The molecular weight excluding hydrogens is 431 g/mol. The highest BCUT2D eigenvalue weighted by Crippen LogP contribution is 2.34.